The van der Waals surface area contributed by atoms with Crippen LogP contribution in [-0.2, 0) is 6.18 Å². The molecule has 3 aromatic rings. The van der Waals surface area contributed by atoms with Crippen molar-refractivity contribution in [1.29, 1.82) is 0 Å². The summed E-state index contributed by atoms with van der Waals surface area (Å²) in [5.74, 6) is -2.59. The normalized spacial score (nSPS) is 11.1. The van der Waals surface area contributed by atoms with Gasteiger partial charge in [-0.15, -0.1) is 0 Å². The van der Waals surface area contributed by atoms with E-state index in [0.717, 1.165) is 23.1 Å². The van der Waals surface area contributed by atoms with E-state index in [0.29, 0.717) is 5.56 Å². The highest BCUT2D eigenvalue weighted by Gasteiger charge is 2.34. The van der Waals surface area contributed by atoms with Gasteiger partial charge in [-0.2, -0.15) is 13.2 Å². The third-order valence-corrected chi connectivity index (χ3v) is 4.39. The number of hydrogen-bond donors (Lipinski definition) is 1. The molecule has 0 radical (unpaired) electrons. The second kappa shape index (κ2) is 8.36. The highest BCUT2D eigenvalue weighted by atomic mass is 19.4. The molecule has 0 aromatic heterocycles. The van der Waals surface area contributed by atoms with Gasteiger partial charge in [0.05, 0.1) is 22.5 Å². The number of alkyl halides is 3. The van der Waals surface area contributed by atoms with Crippen LogP contribution in [-0.4, -0.2) is 18.9 Å². The van der Waals surface area contributed by atoms with Gasteiger partial charge in [-0.3, -0.25) is 9.59 Å². The summed E-state index contributed by atoms with van der Waals surface area (Å²) < 4.78 is 54.4. The minimum atomic E-state index is -4.69. The number of para-hydroxylation sites is 1. The lowest BCUT2D eigenvalue weighted by atomic mass is 10.1. The summed E-state index contributed by atoms with van der Waals surface area (Å²) in [6, 6.07) is 16.3. The molecule has 2 amide bonds. The molecule has 0 aliphatic rings. The summed E-state index contributed by atoms with van der Waals surface area (Å²) in [5, 5.41) is 2.10. The van der Waals surface area contributed by atoms with Gasteiger partial charge in [0.15, 0.2) is 5.82 Å². The van der Waals surface area contributed by atoms with E-state index in [-0.39, 0.29) is 5.69 Å². The van der Waals surface area contributed by atoms with Crippen molar-refractivity contribution < 1.29 is 27.2 Å². The van der Waals surface area contributed by atoms with E-state index in [1.807, 2.05) is 0 Å². The summed E-state index contributed by atoms with van der Waals surface area (Å²) in [5.41, 5.74) is -1.90. The van der Waals surface area contributed by atoms with Crippen LogP contribution in [0.15, 0.2) is 72.8 Å². The van der Waals surface area contributed by atoms with Crippen molar-refractivity contribution in [2.75, 3.05) is 17.3 Å². The van der Waals surface area contributed by atoms with Crippen LogP contribution in [0.5, 0.6) is 0 Å². The number of carbonyl (C=O) groups excluding carboxylic acids is 2. The van der Waals surface area contributed by atoms with E-state index >= 15 is 4.39 Å². The molecule has 0 fully saturated rings. The zero-order valence-electron chi connectivity index (χ0n) is 15.7. The van der Waals surface area contributed by atoms with E-state index in [2.05, 4.69) is 5.32 Å². The Morgan fingerprint density at radius 2 is 1.50 bits per heavy atom. The molecule has 0 aliphatic heterocycles. The molecule has 30 heavy (non-hydrogen) atoms. The van der Waals surface area contributed by atoms with Crippen LogP contribution >= 0.6 is 0 Å². The first-order valence-electron chi connectivity index (χ1n) is 8.79. The standard InChI is InChI=1S/C22H16F4N2O2/c1-28(21(30)14-8-3-2-4-9-14)18-13-7-10-15(19(18)23)20(29)27-17-12-6-5-11-16(17)22(24,25)26/h2-13H,1H3,(H,27,29). The van der Waals surface area contributed by atoms with Gasteiger partial charge in [0, 0.05) is 12.6 Å². The molecular formula is C22H16F4N2O2. The number of nitrogens with zero attached hydrogens (tertiary/aromatic N) is 1. The Bertz CT molecular complexity index is 1080. The summed E-state index contributed by atoms with van der Waals surface area (Å²) >= 11 is 0. The molecule has 4 nitrogen and oxygen atoms in total. The molecule has 8 heteroatoms. The Kier molecular flexibility index (Phi) is 5.86. The quantitative estimate of drug-likeness (QED) is 0.581. The highest BCUT2D eigenvalue weighted by Crippen LogP contribution is 2.35. The second-order valence-electron chi connectivity index (χ2n) is 6.37. The lowest BCUT2D eigenvalue weighted by Gasteiger charge is -2.19. The molecule has 3 aromatic carbocycles. The first-order chi connectivity index (χ1) is 14.2. The van der Waals surface area contributed by atoms with Crippen LogP contribution in [0.3, 0.4) is 0 Å². The molecule has 0 atom stereocenters. The van der Waals surface area contributed by atoms with Gasteiger partial charge in [0.1, 0.15) is 0 Å². The predicted octanol–water partition coefficient (Wildman–Crippen LogP) is 5.37. The van der Waals surface area contributed by atoms with Gasteiger partial charge in [-0.25, -0.2) is 4.39 Å². The van der Waals surface area contributed by atoms with Gasteiger partial charge < -0.3 is 10.2 Å². The average molecular weight is 416 g/mol. The molecule has 0 heterocycles. The van der Waals surface area contributed by atoms with Crippen molar-refractivity contribution in [2.24, 2.45) is 0 Å². The minimum Gasteiger partial charge on any atom is -0.321 e. The lowest BCUT2D eigenvalue weighted by molar-refractivity contribution is -0.136. The Hall–Kier alpha value is -3.68. The summed E-state index contributed by atoms with van der Waals surface area (Å²) in [6.45, 7) is 0. The third-order valence-electron chi connectivity index (χ3n) is 4.39. The maximum Gasteiger partial charge on any atom is 0.418 e. The van der Waals surface area contributed by atoms with Crippen LogP contribution in [0.4, 0.5) is 28.9 Å². The number of carbonyl (C=O) groups is 2. The van der Waals surface area contributed by atoms with E-state index < -0.39 is 40.6 Å². The zero-order valence-corrected chi connectivity index (χ0v) is 15.7. The van der Waals surface area contributed by atoms with E-state index in [1.54, 1.807) is 30.3 Å². The molecule has 154 valence electrons. The molecule has 0 bridgehead atoms. The van der Waals surface area contributed by atoms with Crippen LogP contribution in [0, 0.1) is 5.82 Å². The number of halogens is 4. The summed E-state index contributed by atoms with van der Waals surface area (Å²) in [6.07, 6.45) is -4.69. The molecule has 0 saturated heterocycles. The molecule has 0 unspecified atom stereocenters. The smallest absolute Gasteiger partial charge is 0.321 e. The topological polar surface area (TPSA) is 49.4 Å². The number of nitrogens with one attached hydrogen (secondary N) is 1. The van der Waals surface area contributed by atoms with Crippen molar-refractivity contribution in [2.45, 2.75) is 6.18 Å². The van der Waals surface area contributed by atoms with Crippen molar-refractivity contribution in [1.82, 2.24) is 0 Å². The van der Waals surface area contributed by atoms with Crippen LogP contribution in [0.25, 0.3) is 0 Å². The van der Waals surface area contributed by atoms with Crippen LogP contribution in [0.2, 0.25) is 0 Å². The molecule has 0 aliphatic carbocycles. The molecule has 1 N–H and O–H groups in total. The van der Waals surface area contributed by atoms with E-state index in [1.165, 1.54) is 31.3 Å². The van der Waals surface area contributed by atoms with Crippen molar-refractivity contribution in [3.8, 4) is 0 Å². The fourth-order valence-electron chi connectivity index (χ4n) is 2.87. The SMILES string of the molecule is CN(C(=O)c1ccccc1)c1cccc(C(=O)Nc2ccccc2C(F)(F)F)c1F. The monoisotopic (exact) mass is 416 g/mol. The summed E-state index contributed by atoms with van der Waals surface area (Å²) in [7, 11) is 1.34. The van der Waals surface area contributed by atoms with Crippen molar-refractivity contribution >= 4 is 23.2 Å². The van der Waals surface area contributed by atoms with Crippen molar-refractivity contribution in [3.05, 3.63) is 95.3 Å². The third kappa shape index (κ3) is 4.32. The molecular weight excluding hydrogens is 400 g/mol. The van der Waals surface area contributed by atoms with Crippen LogP contribution in [0.1, 0.15) is 26.3 Å². The molecule has 3 rings (SSSR count). The zero-order chi connectivity index (χ0) is 21.9. The van der Waals surface area contributed by atoms with Crippen molar-refractivity contribution in [3.63, 3.8) is 0 Å². The van der Waals surface area contributed by atoms with Gasteiger partial charge in [-0.1, -0.05) is 36.4 Å². The molecule has 0 spiro atoms. The number of amides is 2. The lowest BCUT2D eigenvalue weighted by Crippen LogP contribution is -2.28. The number of hydrogen-bond acceptors (Lipinski definition) is 2. The molecule has 0 saturated carbocycles. The van der Waals surface area contributed by atoms with Crippen LogP contribution < -0.4 is 10.2 Å². The van der Waals surface area contributed by atoms with Gasteiger partial charge in [0.25, 0.3) is 11.8 Å². The minimum absolute atomic E-state index is 0.180. The predicted molar refractivity (Wildman–Crippen MR) is 105 cm³/mol. The Morgan fingerprint density at radius 1 is 0.867 bits per heavy atom. The fourth-order valence-corrected chi connectivity index (χ4v) is 2.87. The van der Waals surface area contributed by atoms with Gasteiger partial charge in [0.2, 0.25) is 0 Å². The summed E-state index contributed by atoms with van der Waals surface area (Å²) in [4.78, 5) is 26.1. The second-order valence-corrected chi connectivity index (χ2v) is 6.37. The van der Waals surface area contributed by atoms with Gasteiger partial charge in [-0.05, 0) is 36.4 Å². The number of anilines is 2. The van der Waals surface area contributed by atoms with E-state index in [4.69, 9.17) is 0 Å². The first-order valence-corrected chi connectivity index (χ1v) is 8.79. The Labute approximate surface area is 169 Å². The number of rotatable bonds is 4. The maximum atomic E-state index is 15.0. The van der Waals surface area contributed by atoms with Gasteiger partial charge >= 0.3 is 6.18 Å². The fraction of sp³-hybridized carbons (Fsp3) is 0.0909. The Balaban J connectivity index is 1.90. The maximum absolute atomic E-state index is 15.0. The Morgan fingerprint density at radius 3 is 2.17 bits per heavy atom. The number of benzene rings is 3. The highest BCUT2D eigenvalue weighted by molar-refractivity contribution is 6.08. The van der Waals surface area contributed by atoms with E-state index in [9.17, 15) is 22.8 Å². The average Bonchev–Trinajstić information content (AvgIpc) is 2.73. The first kappa shape index (κ1) is 21.0. The largest absolute Gasteiger partial charge is 0.418 e.